The highest BCUT2D eigenvalue weighted by Gasteiger charge is 2.28. The van der Waals surface area contributed by atoms with E-state index in [1.54, 1.807) is 18.0 Å². The maximum atomic E-state index is 13.3. The van der Waals surface area contributed by atoms with E-state index in [0.717, 1.165) is 33.3 Å². The highest BCUT2D eigenvalue weighted by atomic mass is 16.5. The quantitative estimate of drug-likeness (QED) is 0.677. The zero-order valence-electron chi connectivity index (χ0n) is 16.9. The minimum Gasteiger partial charge on any atom is -0.462 e. The van der Waals surface area contributed by atoms with Crippen molar-refractivity contribution >= 4 is 28.4 Å². The van der Waals surface area contributed by atoms with Gasteiger partial charge in [-0.05, 0) is 56.0 Å². The summed E-state index contributed by atoms with van der Waals surface area (Å²) in [5.74, 6) is -0.538. The van der Waals surface area contributed by atoms with E-state index in [1.165, 1.54) is 0 Å². The predicted molar refractivity (Wildman–Crippen MR) is 114 cm³/mol. The zero-order valence-corrected chi connectivity index (χ0v) is 16.9. The Morgan fingerprint density at radius 3 is 2.69 bits per heavy atom. The fraction of sp³-hybridized carbons (Fsp3) is 0.250. The summed E-state index contributed by atoms with van der Waals surface area (Å²) in [6, 6.07) is 13.7. The molecule has 0 atom stereocenters. The number of ether oxygens (including phenoxy) is 1. The van der Waals surface area contributed by atoms with Crippen molar-refractivity contribution in [3.63, 3.8) is 0 Å². The monoisotopic (exact) mass is 388 g/mol. The molecule has 1 aliphatic heterocycles. The van der Waals surface area contributed by atoms with E-state index in [2.05, 4.69) is 4.98 Å². The van der Waals surface area contributed by atoms with E-state index in [-0.39, 0.29) is 12.5 Å². The van der Waals surface area contributed by atoms with Crippen LogP contribution in [0.4, 0.5) is 0 Å². The first kappa shape index (κ1) is 19.0. The van der Waals surface area contributed by atoms with Crippen LogP contribution in [0.25, 0.3) is 16.5 Å². The van der Waals surface area contributed by atoms with Crippen LogP contribution in [-0.2, 0) is 16.0 Å². The minimum absolute atomic E-state index is 0.109. The normalized spacial score (nSPS) is 13.6. The summed E-state index contributed by atoms with van der Waals surface area (Å²) in [5.41, 5.74) is 5.81. The van der Waals surface area contributed by atoms with Crippen molar-refractivity contribution in [3.05, 3.63) is 76.6 Å². The molecule has 0 fully saturated rings. The molecule has 148 valence electrons. The Hall–Kier alpha value is -3.34. The van der Waals surface area contributed by atoms with Gasteiger partial charge in [-0.15, -0.1) is 0 Å². The molecule has 1 amide bonds. The van der Waals surface area contributed by atoms with Crippen LogP contribution in [0.15, 0.2) is 48.7 Å². The third kappa shape index (κ3) is 3.33. The number of aryl methyl sites for hydroxylation is 1. The Balaban J connectivity index is 1.82. The number of nitrogens with zero attached hydrogens (tertiary/aromatic N) is 1. The third-order valence-corrected chi connectivity index (χ3v) is 5.56. The predicted octanol–water partition coefficient (Wildman–Crippen LogP) is 4.39. The molecular formula is C24H24N2O3. The average molecular weight is 388 g/mol. The van der Waals surface area contributed by atoms with Crippen LogP contribution in [-0.4, -0.2) is 34.9 Å². The fourth-order valence-electron chi connectivity index (χ4n) is 3.87. The van der Waals surface area contributed by atoms with E-state index >= 15 is 0 Å². The van der Waals surface area contributed by atoms with Gasteiger partial charge in [0.2, 0.25) is 0 Å². The maximum absolute atomic E-state index is 13.3. The lowest BCUT2D eigenvalue weighted by molar-refractivity contribution is -0.136. The molecule has 2 aromatic carbocycles. The molecule has 0 saturated carbocycles. The van der Waals surface area contributed by atoms with Crippen LogP contribution >= 0.6 is 0 Å². The van der Waals surface area contributed by atoms with Gasteiger partial charge in [0.25, 0.3) is 5.91 Å². The van der Waals surface area contributed by atoms with Crippen LogP contribution < -0.4 is 0 Å². The molecule has 29 heavy (non-hydrogen) atoms. The lowest BCUT2D eigenvalue weighted by Gasteiger charge is -2.19. The molecule has 1 N–H and O–H groups in total. The number of H-pyrrole nitrogens is 1. The minimum atomic E-state index is -0.430. The summed E-state index contributed by atoms with van der Waals surface area (Å²) in [6.07, 6.45) is 2.29. The Morgan fingerprint density at radius 1 is 1.10 bits per heavy atom. The van der Waals surface area contributed by atoms with Crippen LogP contribution in [0.1, 0.15) is 39.7 Å². The van der Waals surface area contributed by atoms with E-state index in [9.17, 15) is 9.59 Å². The summed E-state index contributed by atoms with van der Waals surface area (Å²) >= 11 is 0. The van der Waals surface area contributed by atoms with Crippen molar-refractivity contribution in [1.82, 2.24) is 9.88 Å². The summed E-state index contributed by atoms with van der Waals surface area (Å²) in [5, 5.41) is 1.07. The highest BCUT2D eigenvalue weighted by molar-refractivity contribution is 6.18. The molecule has 3 aromatic rings. The number of amides is 1. The van der Waals surface area contributed by atoms with Gasteiger partial charge in [0.1, 0.15) is 0 Å². The molecular weight excluding hydrogens is 364 g/mol. The van der Waals surface area contributed by atoms with Gasteiger partial charge in [-0.25, -0.2) is 4.79 Å². The first-order chi connectivity index (χ1) is 14.0. The SMILES string of the molecule is CCOC(=O)C1=CN(C(=O)c2cccc(C)c2C)CCc2c1[nH]c1ccccc21. The van der Waals surface area contributed by atoms with Crippen molar-refractivity contribution in [1.29, 1.82) is 0 Å². The number of hydrogen-bond acceptors (Lipinski definition) is 3. The second-order valence-electron chi connectivity index (χ2n) is 7.28. The van der Waals surface area contributed by atoms with Gasteiger partial charge in [-0.1, -0.05) is 30.3 Å². The maximum Gasteiger partial charge on any atom is 0.341 e. The van der Waals surface area contributed by atoms with Crippen molar-refractivity contribution in [2.24, 2.45) is 0 Å². The van der Waals surface area contributed by atoms with E-state index in [1.807, 2.05) is 56.3 Å². The van der Waals surface area contributed by atoms with Gasteiger partial charge in [0.15, 0.2) is 0 Å². The Labute approximate surface area is 170 Å². The number of nitrogens with one attached hydrogen (secondary N) is 1. The fourth-order valence-corrected chi connectivity index (χ4v) is 3.87. The zero-order chi connectivity index (χ0) is 20.5. The molecule has 1 aromatic heterocycles. The lowest BCUT2D eigenvalue weighted by atomic mass is 10.0. The average Bonchev–Trinajstić information content (AvgIpc) is 2.97. The summed E-state index contributed by atoms with van der Waals surface area (Å²) in [6.45, 7) is 6.48. The Morgan fingerprint density at radius 2 is 1.90 bits per heavy atom. The number of hydrogen-bond donors (Lipinski definition) is 1. The van der Waals surface area contributed by atoms with Crippen LogP contribution in [0.5, 0.6) is 0 Å². The number of rotatable bonds is 3. The first-order valence-corrected chi connectivity index (χ1v) is 9.87. The Kier molecular flexibility index (Phi) is 4.97. The van der Waals surface area contributed by atoms with Gasteiger partial charge in [-0.3, -0.25) is 4.79 Å². The molecule has 0 bridgehead atoms. The second-order valence-corrected chi connectivity index (χ2v) is 7.28. The number of esters is 1. The van der Waals surface area contributed by atoms with E-state index in [4.69, 9.17) is 4.74 Å². The molecule has 2 heterocycles. The van der Waals surface area contributed by atoms with Crippen molar-refractivity contribution in [3.8, 4) is 0 Å². The number of aromatic nitrogens is 1. The van der Waals surface area contributed by atoms with E-state index < -0.39 is 5.97 Å². The van der Waals surface area contributed by atoms with E-state index in [0.29, 0.717) is 24.1 Å². The lowest BCUT2D eigenvalue weighted by Crippen LogP contribution is -2.28. The molecule has 0 radical (unpaired) electrons. The molecule has 1 aliphatic rings. The van der Waals surface area contributed by atoms with Crippen molar-refractivity contribution in [2.45, 2.75) is 27.2 Å². The topological polar surface area (TPSA) is 62.4 Å². The van der Waals surface area contributed by atoms with Crippen LogP contribution in [0.2, 0.25) is 0 Å². The van der Waals surface area contributed by atoms with Crippen molar-refractivity contribution < 1.29 is 14.3 Å². The summed E-state index contributed by atoms with van der Waals surface area (Å²) in [7, 11) is 0. The highest BCUT2D eigenvalue weighted by Crippen LogP contribution is 2.32. The number of carbonyl (C=O) groups is 2. The second kappa shape index (κ2) is 7.59. The third-order valence-electron chi connectivity index (χ3n) is 5.56. The summed E-state index contributed by atoms with van der Waals surface area (Å²) < 4.78 is 5.30. The number of aromatic amines is 1. The van der Waals surface area contributed by atoms with Gasteiger partial charge in [0.05, 0.1) is 17.9 Å². The molecule has 5 heteroatoms. The number of benzene rings is 2. The molecule has 5 nitrogen and oxygen atoms in total. The van der Waals surface area contributed by atoms with Gasteiger partial charge < -0.3 is 14.6 Å². The van der Waals surface area contributed by atoms with Gasteiger partial charge in [0, 0.05) is 29.2 Å². The van der Waals surface area contributed by atoms with Crippen LogP contribution in [0.3, 0.4) is 0 Å². The number of para-hydroxylation sites is 1. The van der Waals surface area contributed by atoms with Crippen LogP contribution in [0, 0.1) is 13.8 Å². The first-order valence-electron chi connectivity index (χ1n) is 9.87. The van der Waals surface area contributed by atoms with Crippen molar-refractivity contribution in [2.75, 3.05) is 13.2 Å². The molecule has 0 spiro atoms. The number of carbonyl (C=O) groups excluding carboxylic acids is 2. The standard InChI is InChI=1S/C24H24N2O3/c1-4-29-24(28)20-14-26(23(27)17-10-7-8-15(2)16(17)3)13-12-19-18-9-5-6-11-21(18)25-22(19)20/h5-11,14,25H,4,12-13H2,1-3H3. The van der Waals surface area contributed by atoms with Gasteiger partial charge >= 0.3 is 5.97 Å². The summed E-state index contributed by atoms with van der Waals surface area (Å²) in [4.78, 5) is 31.1. The molecule has 0 aliphatic carbocycles. The largest absolute Gasteiger partial charge is 0.462 e. The number of fused-ring (bicyclic) bond motifs is 3. The van der Waals surface area contributed by atoms with Gasteiger partial charge in [-0.2, -0.15) is 0 Å². The smallest absolute Gasteiger partial charge is 0.341 e. The molecule has 0 saturated heterocycles. The molecule has 4 rings (SSSR count). The Bertz CT molecular complexity index is 1140. The molecule has 0 unspecified atom stereocenters.